The molecule has 6 nitrogen and oxygen atoms in total. The highest BCUT2D eigenvalue weighted by atomic mass is 16.6. The van der Waals surface area contributed by atoms with E-state index in [9.17, 15) is 9.59 Å². The number of benzene rings is 2. The van der Waals surface area contributed by atoms with Crippen molar-refractivity contribution in [2.45, 2.75) is 52.2 Å². The Kier molecular flexibility index (Phi) is 5.10. The quantitative estimate of drug-likeness (QED) is 0.637. The zero-order valence-corrected chi connectivity index (χ0v) is 17.9. The van der Waals surface area contributed by atoms with Crippen molar-refractivity contribution in [3.63, 3.8) is 0 Å². The Morgan fingerprint density at radius 1 is 1.17 bits per heavy atom. The number of likely N-dealkylation sites (tertiary alicyclic amines) is 1. The molecule has 30 heavy (non-hydrogen) atoms. The van der Waals surface area contributed by atoms with Gasteiger partial charge in [-0.2, -0.15) is 5.10 Å². The molecule has 2 aromatic carbocycles. The first-order valence-corrected chi connectivity index (χ1v) is 10.3. The Balaban J connectivity index is 1.61. The molecule has 156 valence electrons. The molecule has 0 bridgehead atoms. The fourth-order valence-electron chi connectivity index (χ4n) is 3.94. The van der Waals surface area contributed by atoms with Crippen LogP contribution in [0.2, 0.25) is 0 Å². The van der Waals surface area contributed by atoms with Gasteiger partial charge in [0, 0.05) is 11.9 Å². The maximum Gasteiger partial charge on any atom is 0.417 e. The number of ether oxygens (including phenoxy) is 1. The van der Waals surface area contributed by atoms with Gasteiger partial charge in [0.2, 0.25) is 5.91 Å². The van der Waals surface area contributed by atoms with Gasteiger partial charge in [-0.15, -0.1) is 0 Å². The molecule has 2 amide bonds. The summed E-state index contributed by atoms with van der Waals surface area (Å²) in [5, 5.41) is 5.78. The van der Waals surface area contributed by atoms with Gasteiger partial charge >= 0.3 is 6.09 Å². The van der Waals surface area contributed by atoms with Gasteiger partial charge in [-0.1, -0.05) is 42.5 Å². The second kappa shape index (κ2) is 7.59. The Morgan fingerprint density at radius 3 is 2.60 bits per heavy atom. The van der Waals surface area contributed by atoms with E-state index < -0.39 is 11.7 Å². The van der Waals surface area contributed by atoms with Gasteiger partial charge in [0.05, 0.1) is 23.7 Å². The van der Waals surface area contributed by atoms with Crippen LogP contribution < -0.4 is 0 Å². The van der Waals surface area contributed by atoms with E-state index in [-0.39, 0.29) is 11.8 Å². The Morgan fingerprint density at radius 2 is 1.90 bits per heavy atom. The summed E-state index contributed by atoms with van der Waals surface area (Å²) in [5.41, 5.74) is 3.40. The molecule has 1 aliphatic rings. The lowest BCUT2D eigenvalue weighted by molar-refractivity contribution is -0.128. The number of hydrogen-bond donors (Lipinski definition) is 0. The van der Waals surface area contributed by atoms with Crippen LogP contribution >= 0.6 is 0 Å². The zero-order valence-electron chi connectivity index (χ0n) is 17.9. The molecule has 1 fully saturated rings. The van der Waals surface area contributed by atoms with Crippen molar-refractivity contribution in [1.82, 2.24) is 14.7 Å². The molecule has 1 aliphatic heterocycles. The highest BCUT2D eigenvalue weighted by Crippen LogP contribution is 2.32. The maximum absolute atomic E-state index is 13.0. The molecule has 1 atom stereocenters. The summed E-state index contributed by atoms with van der Waals surface area (Å²) < 4.78 is 7.37. The lowest BCUT2D eigenvalue weighted by Gasteiger charge is -2.23. The van der Waals surface area contributed by atoms with E-state index >= 15 is 0 Å². The first-order chi connectivity index (χ1) is 14.2. The van der Waals surface area contributed by atoms with Gasteiger partial charge in [0.25, 0.3) is 0 Å². The lowest BCUT2D eigenvalue weighted by Crippen LogP contribution is -2.38. The fraction of sp³-hybridized carbons (Fsp3) is 0.375. The third-order valence-corrected chi connectivity index (χ3v) is 5.36. The van der Waals surface area contributed by atoms with Crippen LogP contribution in [-0.4, -0.2) is 38.8 Å². The molecule has 0 saturated carbocycles. The largest absolute Gasteiger partial charge is 0.443 e. The summed E-state index contributed by atoms with van der Waals surface area (Å²) in [6, 6.07) is 16.2. The van der Waals surface area contributed by atoms with Crippen molar-refractivity contribution in [2.24, 2.45) is 0 Å². The third-order valence-electron chi connectivity index (χ3n) is 5.36. The van der Waals surface area contributed by atoms with Crippen molar-refractivity contribution in [3.05, 3.63) is 65.4 Å². The topological polar surface area (TPSA) is 64.4 Å². The van der Waals surface area contributed by atoms with Crippen LogP contribution in [0.3, 0.4) is 0 Å². The van der Waals surface area contributed by atoms with Crippen molar-refractivity contribution in [3.8, 4) is 0 Å². The van der Waals surface area contributed by atoms with Crippen molar-refractivity contribution in [2.75, 3.05) is 6.54 Å². The van der Waals surface area contributed by atoms with Crippen LogP contribution in [0.5, 0.6) is 0 Å². The molecule has 0 aliphatic carbocycles. The van der Waals surface area contributed by atoms with Crippen LogP contribution in [0, 0.1) is 6.92 Å². The van der Waals surface area contributed by atoms with Gasteiger partial charge in [0.15, 0.2) is 0 Å². The summed E-state index contributed by atoms with van der Waals surface area (Å²) in [6.07, 6.45) is 0.0242. The number of aromatic nitrogens is 2. The van der Waals surface area contributed by atoms with E-state index in [1.807, 2.05) is 48.0 Å². The van der Waals surface area contributed by atoms with Gasteiger partial charge in [0.1, 0.15) is 5.60 Å². The van der Waals surface area contributed by atoms with E-state index in [4.69, 9.17) is 9.84 Å². The molecule has 0 radical (unpaired) electrons. The first-order valence-electron chi connectivity index (χ1n) is 10.3. The van der Waals surface area contributed by atoms with Crippen molar-refractivity contribution < 1.29 is 14.3 Å². The van der Waals surface area contributed by atoms with Crippen LogP contribution in [0.25, 0.3) is 10.9 Å². The summed E-state index contributed by atoms with van der Waals surface area (Å²) in [4.78, 5) is 26.6. The molecule has 1 aromatic heterocycles. The number of rotatable bonds is 3. The molecule has 0 spiro atoms. The van der Waals surface area contributed by atoms with E-state index in [2.05, 4.69) is 12.1 Å². The smallest absolute Gasteiger partial charge is 0.417 e. The summed E-state index contributed by atoms with van der Waals surface area (Å²) in [5.74, 6) is -0.545. The molecule has 3 aromatic rings. The zero-order chi connectivity index (χ0) is 21.5. The minimum Gasteiger partial charge on any atom is -0.443 e. The normalized spacial score (nSPS) is 17.0. The molecule has 0 N–H and O–H groups in total. The third kappa shape index (κ3) is 3.95. The number of carbonyl (C=O) groups is 2. The van der Waals surface area contributed by atoms with E-state index in [1.165, 1.54) is 10.5 Å². The van der Waals surface area contributed by atoms with Gasteiger partial charge in [-0.05, 0) is 51.3 Å². The molecular formula is C24H27N3O3. The second-order valence-corrected chi connectivity index (χ2v) is 8.82. The molecule has 4 rings (SSSR count). The molecule has 1 unspecified atom stereocenters. The van der Waals surface area contributed by atoms with Gasteiger partial charge in [-0.25, -0.2) is 9.69 Å². The predicted octanol–water partition coefficient (Wildman–Crippen LogP) is 4.64. The highest BCUT2D eigenvalue weighted by Gasteiger charge is 2.38. The van der Waals surface area contributed by atoms with E-state index in [1.54, 1.807) is 20.8 Å². The molecule has 6 heteroatoms. The minimum atomic E-state index is -0.629. The van der Waals surface area contributed by atoms with Crippen LogP contribution in [0.1, 0.15) is 49.9 Å². The number of carbonyl (C=O) groups excluding carboxylic acids is 2. The summed E-state index contributed by atoms with van der Waals surface area (Å²) >= 11 is 0. The predicted molar refractivity (Wildman–Crippen MR) is 115 cm³/mol. The highest BCUT2D eigenvalue weighted by molar-refractivity contribution is 5.98. The monoisotopic (exact) mass is 405 g/mol. The van der Waals surface area contributed by atoms with E-state index in [0.717, 1.165) is 22.2 Å². The van der Waals surface area contributed by atoms with E-state index in [0.29, 0.717) is 19.5 Å². The van der Waals surface area contributed by atoms with Crippen molar-refractivity contribution >= 4 is 22.9 Å². The number of amides is 2. The van der Waals surface area contributed by atoms with Crippen LogP contribution in [-0.2, 0) is 16.1 Å². The van der Waals surface area contributed by atoms with Gasteiger partial charge < -0.3 is 4.74 Å². The number of hydrogen-bond acceptors (Lipinski definition) is 4. The maximum atomic E-state index is 13.0. The van der Waals surface area contributed by atoms with Gasteiger partial charge in [-0.3, -0.25) is 9.48 Å². The molecule has 1 saturated heterocycles. The van der Waals surface area contributed by atoms with Crippen molar-refractivity contribution in [1.29, 1.82) is 0 Å². The minimum absolute atomic E-state index is 0.200. The average Bonchev–Trinajstić information content (AvgIpc) is 3.21. The fourth-order valence-corrected chi connectivity index (χ4v) is 3.94. The standard InChI is InChI=1S/C24H27N3O3/c1-16-19-11-10-18(14-21(19)27(25-16)15-17-8-6-5-7-9-17)20-12-13-26(22(20)28)23(29)30-24(2,3)4/h5-11,14,20H,12-13,15H2,1-4H3. The molecular weight excluding hydrogens is 378 g/mol. The summed E-state index contributed by atoms with van der Waals surface area (Å²) in [6.45, 7) is 8.43. The number of fused-ring (bicyclic) bond motifs is 1. The van der Waals surface area contributed by atoms with Crippen LogP contribution in [0.4, 0.5) is 4.79 Å². The second-order valence-electron chi connectivity index (χ2n) is 8.82. The Hall–Kier alpha value is -3.15. The number of aryl methyl sites for hydroxylation is 1. The lowest BCUT2D eigenvalue weighted by atomic mass is 9.96. The Labute approximate surface area is 176 Å². The molecule has 2 heterocycles. The first kappa shape index (κ1) is 20.1. The van der Waals surface area contributed by atoms with Crippen LogP contribution in [0.15, 0.2) is 48.5 Å². The number of imide groups is 1. The Bertz CT molecular complexity index is 1100. The number of nitrogens with zero attached hydrogens (tertiary/aromatic N) is 3. The SMILES string of the molecule is Cc1nn(Cc2ccccc2)c2cc(C3CCN(C(=O)OC(C)(C)C)C3=O)ccc12. The average molecular weight is 405 g/mol. The summed E-state index contributed by atoms with van der Waals surface area (Å²) in [7, 11) is 0.